The molecule has 0 aliphatic carbocycles. The largest absolute Gasteiger partial charge is 0.497 e. The summed E-state index contributed by atoms with van der Waals surface area (Å²) in [6, 6.07) is 9.31. The van der Waals surface area contributed by atoms with E-state index in [0.717, 1.165) is 5.56 Å². The average molecular weight is 484 g/mol. The van der Waals surface area contributed by atoms with Gasteiger partial charge in [0.25, 0.3) is 0 Å². The lowest BCUT2D eigenvalue weighted by atomic mass is 10.1. The van der Waals surface area contributed by atoms with E-state index in [2.05, 4.69) is 5.32 Å². The van der Waals surface area contributed by atoms with Crippen LogP contribution in [0.5, 0.6) is 17.2 Å². The zero-order valence-electron chi connectivity index (χ0n) is 18.6. The zero-order chi connectivity index (χ0) is 23.5. The Hall–Kier alpha value is -2.30. The lowest BCUT2D eigenvalue weighted by molar-refractivity contribution is 0.398. The van der Waals surface area contributed by atoms with E-state index in [1.165, 1.54) is 19.2 Å². The molecule has 32 heavy (non-hydrogen) atoms. The van der Waals surface area contributed by atoms with E-state index in [9.17, 15) is 16.8 Å². The number of methoxy groups -OCH3 is 3. The van der Waals surface area contributed by atoms with Crippen molar-refractivity contribution in [1.82, 2.24) is 5.32 Å². The molecule has 2 atom stereocenters. The van der Waals surface area contributed by atoms with Crippen LogP contribution in [0.2, 0.25) is 0 Å². The number of ether oxygens (including phenoxy) is 3. The third-order valence-corrected chi connectivity index (χ3v) is 9.83. The second-order valence-corrected chi connectivity index (χ2v) is 12.1. The van der Waals surface area contributed by atoms with Crippen LogP contribution in [0.1, 0.15) is 11.1 Å². The quantitative estimate of drug-likeness (QED) is 0.575. The molecule has 3 rings (SSSR count). The fourth-order valence-corrected chi connectivity index (χ4v) is 8.78. The van der Waals surface area contributed by atoms with Crippen LogP contribution >= 0.6 is 0 Å². The maximum Gasteiger partial charge on any atom is 0.183 e. The molecule has 8 nitrogen and oxygen atoms in total. The molecule has 1 aliphatic rings. The summed E-state index contributed by atoms with van der Waals surface area (Å²) in [5.41, 5.74) is 1.55. The molecule has 2 aromatic rings. The maximum absolute atomic E-state index is 13.3. The fraction of sp³-hybridized carbons (Fsp3) is 0.455. The van der Waals surface area contributed by atoms with Gasteiger partial charge >= 0.3 is 0 Å². The second-order valence-electron chi connectivity index (χ2n) is 7.78. The summed E-state index contributed by atoms with van der Waals surface area (Å²) in [5.74, 6) is 1.32. The van der Waals surface area contributed by atoms with Crippen molar-refractivity contribution >= 4 is 19.7 Å². The molecule has 176 valence electrons. The molecule has 2 aromatic carbocycles. The minimum absolute atomic E-state index is 0.0964. The number of benzene rings is 2. The average Bonchev–Trinajstić information content (AvgIpc) is 3.08. The monoisotopic (exact) mass is 483 g/mol. The van der Waals surface area contributed by atoms with Crippen molar-refractivity contribution < 1.29 is 31.0 Å². The second kappa shape index (κ2) is 9.68. The number of hydrogen-bond donors (Lipinski definition) is 1. The third kappa shape index (κ3) is 5.19. The van der Waals surface area contributed by atoms with E-state index in [0.29, 0.717) is 35.8 Å². The highest BCUT2D eigenvalue weighted by Crippen LogP contribution is 2.29. The standard InChI is InChI=1S/C22H29NO7S2/c1-15-11-18(6-8-20(15)29-3)32(26,27)22-14-31(24,25)13-19(22)23-10-9-16-12-17(28-2)5-7-21(16)30-4/h5-8,11-12,19,22-23H,9-10,13-14H2,1-4H3/t19-,22-/m0/s1. The van der Waals surface area contributed by atoms with Crippen LogP contribution in [-0.2, 0) is 26.1 Å². The molecule has 1 aliphatic heterocycles. The summed E-state index contributed by atoms with van der Waals surface area (Å²) in [7, 11) is -2.70. The van der Waals surface area contributed by atoms with Crippen molar-refractivity contribution in [2.45, 2.75) is 29.5 Å². The molecular weight excluding hydrogens is 454 g/mol. The van der Waals surface area contributed by atoms with Gasteiger partial charge in [0.15, 0.2) is 19.7 Å². The summed E-state index contributed by atoms with van der Waals surface area (Å²) in [4.78, 5) is 0.0964. The van der Waals surface area contributed by atoms with Crippen LogP contribution in [-0.4, -0.2) is 67.5 Å². The van der Waals surface area contributed by atoms with Gasteiger partial charge in [-0.2, -0.15) is 0 Å². The van der Waals surface area contributed by atoms with Crippen molar-refractivity contribution in [1.29, 1.82) is 0 Å². The Labute approximate surface area is 189 Å². The van der Waals surface area contributed by atoms with Gasteiger partial charge < -0.3 is 19.5 Å². The normalized spacial score (nSPS) is 20.1. The smallest absolute Gasteiger partial charge is 0.183 e. The molecular formula is C22H29NO7S2. The van der Waals surface area contributed by atoms with Crippen molar-refractivity contribution in [3.8, 4) is 17.2 Å². The first kappa shape index (κ1) is 24.3. The Balaban J connectivity index is 1.79. The molecule has 0 saturated carbocycles. The van der Waals surface area contributed by atoms with Gasteiger partial charge in [0.1, 0.15) is 17.2 Å². The van der Waals surface area contributed by atoms with Gasteiger partial charge in [-0.1, -0.05) is 0 Å². The Kier molecular flexibility index (Phi) is 7.36. The van der Waals surface area contributed by atoms with Crippen molar-refractivity contribution in [3.63, 3.8) is 0 Å². The lowest BCUT2D eigenvalue weighted by Gasteiger charge is -2.21. The molecule has 0 radical (unpaired) electrons. The lowest BCUT2D eigenvalue weighted by Crippen LogP contribution is -2.44. The summed E-state index contributed by atoms with van der Waals surface area (Å²) < 4.78 is 67.2. The van der Waals surface area contributed by atoms with Gasteiger partial charge in [0.2, 0.25) is 0 Å². The van der Waals surface area contributed by atoms with E-state index in [1.54, 1.807) is 39.3 Å². The van der Waals surface area contributed by atoms with Crippen molar-refractivity contribution in [2.75, 3.05) is 39.4 Å². The number of nitrogens with one attached hydrogen (secondary N) is 1. The van der Waals surface area contributed by atoms with Crippen molar-refractivity contribution in [3.05, 3.63) is 47.5 Å². The van der Waals surface area contributed by atoms with Gasteiger partial charge in [-0.15, -0.1) is 0 Å². The van der Waals surface area contributed by atoms with Gasteiger partial charge in [0.05, 0.1) is 43.0 Å². The molecule has 0 spiro atoms. The van der Waals surface area contributed by atoms with Crippen LogP contribution in [0.3, 0.4) is 0 Å². The highest BCUT2D eigenvalue weighted by molar-refractivity contribution is 7.96. The Morgan fingerprint density at radius 1 is 0.969 bits per heavy atom. The van der Waals surface area contributed by atoms with Crippen LogP contribution in [0, 0.1) is 6.92 Å². The van der Waals surface area contributed by atoms with Crippen LogP contribution in [0.15, 0.2) is 41.3 Å². The van der Waals surface area contributed by atoms with E-state index in [4.69, 9.17) is 14.2 Å². The predicted molar refractivity (Wildman–Crippen MR) is 122 cm³/mol. The molecule has 10 heteroatoms. The first-order chi connectivity index (χ1) is 15.1. The number of rotatable bonds is 9. The van der Waals surface area contributed by atoms with E-state index in [-0.39, 0.29) is 10.6 Å². The van der Waals surface area contributed by atoms with E-state index >= 15 is 0 Å². The van der Waals surface area contributed by atoms with Crippen LogP contribution < -0.4 is 19.5 Å². The van der Waals surface area contributed by atoms with Crippen LogP contribution in [0.25, 0.3) is 0 Å². The fourth-order valence-electron chi connectivity index (χ4n) is 3.98. The predicted octanol–water partition coefficient (Wildman–Crippen LogP) is 1.79. The molecule has 1 saturated heterocycles. The van der Waals surface area contributed by atoms with Gasteiger partial charge in [0, 0.05) is 6.04 Å². The Morgan fingerprint density at radius 3 is 2.28 bits per heavy atom. The first-order valence-electron chi connectivity index (χ1n) is 10.1. The molecule has 1 fully saturated rings. The summed E-state index contributed by atoms with van der Waals surface area (Å²) in [5, 5.41) is 2.10. The van der Waals surface area contributed by atoms with Gasteiger partial charge in [-0.25, -0.2) is 16.8 Å². The zero-order valence-corrected chi connectivity index (χ0v) is 20.3. The first-order valence-corrected chi connectivity index (χ1v) is 13.5. The Bertz CT molecular complexity index is 1180. The molecule has 0 bridgehead atoms. The molecule has 0 amide bonds. The highest BCUT2D eigenvalue weighted by atomic mass is 32.2. The Morgan fingerprint density at radius 2 is 1.66 bits per heavy atom. The number of aryl methyl sites for hydroxylation is 1. The van der Waals surface area contributed by atoms with Gasteiger partial charge in [-0.05, 0) is 67.4 Å². The topological polar surface area (TPSA) is 108 Å². The van der Waals surface area contributed by atoms with E-state index in [1.807, 2.05) is 6.07 Å². The minimum Gasteiger partial charge on any atom is -0.497 e. The molecule has 0 aromatic heterocycles. The minimum atomic E-state index is -3.87. The summed E-state index contributed by atoms with van der Waals surface area (Å²) in [6.45, 7) is 2.14. The van der Waals surface area contributed by atoms with Gasteiger partial charge in [-0.3, -0.25) is 0 Å². The molecule has 1 N–H and O–H groups in total. The van der Waals surface area contributed by atoms with Crippen LogP contribution in [0.4, 0.5) is 0 Å². The maximum atomic E-state index is 13.3. The SMILES string of the molecule is COc1ccc(OC)c(CCN[C@H]2CS(=O)(=O)C[C@@H]2S(=O)(=O)c2ccc(OC)c(C)c2)c1. The third-order valence-electron chi connectivity index (χ3n) is 5.68. The highest BCUT2D eigenvalue weighted by Gasteiger charge is 2.45. The molecule has 1 heterocycles. The number of hydrogen-bond acceptors (Lipinski definition) is 8. The summed E-state index contributed by atoms with van der Waals surface area (Å²) in [6.07, 6.45) is 0.519. The summed E-state index contributed by atoms with van der Waals surface area (Å²) >= 11 is 0. The molecule has 0 unspecified atom stereocenters. The number of sulfone groups is 2. The van der Waals surface area contributed by atoms with E-state index < -0.39 is 36.7 Å². The van der Waals surface area contributed by atoms with Crippen molar-refractivity contribution in [2.24, 2.45) is 0 Å².